The first kappa shape index (κ1) is 18.9. The zero-order chi connectivity index (χ0) is 20.2. The van der Waals surface area contributed by atoms with Gasteiger partial charge in [0.2, 0.25) is 0 Å². The van der Waals surface area contributed by atoms with Crippen molar-refractivity contribution in [3.63, 3.8) is 0 Å². The highest BCUT2D eigenvalue weighted by Crippen LogP contribution is 2.23. The predicted octanol–water partition coefficient (Wildman–Crippen LogP) is 3.25. The van der Waals surface area contributed by atoms with Gasteiger partial charge >= 0.3 is 0 Å². The Kier molecular flexibility index (Phi) is 5.37. The zero-order valence-corrected chi connectivity index (χ0v) is 16.1. The number of ether oxygens (including phenoxy) is 1. The van der Waals surface area contributed by atoms with Crippen molar-refractivity contribution < 1.29 is 13.9 Å². The number of carbonyl (C=O) groups is 1. The Balaban J connectivity index is 1.41. The Morgan fingerprint density at radius 3 is 2.45 bits per heavy atom. The van der Waals surface area contributed by atoms with Crippen molar-refractivity contribution in [3.8, 4) is 17.0 Å². The standard InChI is InChI=1S/C22H21FN4O2/c1-29-17-6-4-5-16(15-17)20-9-10-21(25-24-20)26-11-13-27(14-12-26)22(28)18-7-2-3-8-19(18)23/h2-10,15H,11-14H2,1H3. The average Bonchev–Trinajstić information content (AvgIpc) is 2.79. The van der Waals surface area contributed by atoms with Gasteiger partial charge in [-0.3, -0.25) is 4.79 Å². The number of nitrogens with zero attached hydrogens (tertiary/aromatic N) is 4. The zero-order valence-electron chi connectivity index (χ0n) is 16.1. The first-order valence-corrected chi connectivity index (χ1v) is 9.42. The summed E-state index contributed by atoms with van der Waals surface area (Å²) >= 11 is 0. The molecule has 0 unspecified atom stereocenters. The van der Waals surface area contributed by atoms with Gasteiger partial charge in [0.15, 0.2) is 5.82 Å². The van der Waals surface area contributed by atoms with Crippen molar-refractivity contribution >= 4 is 11.7 Å². The number of amides is 1. The third kappa shape index (κ3) is 4.03. The van der Waals surface area contributed by atoms with Gasteiger partial charge in [-0.15, -0.1) is 10.2 Å². The summed E-state index contributed by atoms with van der Waals surface area (Å²) in [5, 5.41) is 8.68. The highest BCUT2D eigenvalue weighted by atomic mass is 19.1. The van der Waals surface area contributed by atoms with E-state index < -0.39 is 5.82 Å². The van der Waals surface area contributed by atoms with Crippen LogP contribution in [0.5, 0.6) is 5.75 Å². The molecule has 0 atom stereocenters. The molecule has 0 radical (unpaired) electrons. The number of aromatic nitrogens is 2. The fraction of sp³-hybridized carbons (Fsp3) is 0.227. The molecule has 29 heavy (non-hydrogen) atoms. The van der Waals surface area contributed by atoms with Crippen molar-refractivity contribution in [2.45, 2.75) is 0 Å². The van der Waals surface area contributed by atoms with Crippen molar-refractivity contribution in [1.82, 2.24) is 15.1 Å². The Labute approximate surface area is 168 Å². The molecule has 0 N–H and O–H groups in total. The molecule has 7 heteroatoms. The second kappa shape index (κ2) is 8.26. The molecule has 0 spiro atoms. The van der Waals surface area contributed by atoms with Crippen LogP contribution in [-0.2, 0) is 0 Å². The van der Waals surface area contributed by atoms with Gasteiger partial charge in [0.25, 0.3) is 5.91 Å². The Morgan fingerprint density at radius 2 is 1.76 bits per heavy atom. The van der Waals surface area contributed by atoms with E-state index in [0.717, 1.165) is 22.8 Å². The average molecular weight is 392 g/mol. The summed E-state index contributed by atoms with van der Waals surface area (Å²) in [6, 6.07) is 17.6. The number of halogens is 1. The molecule has 2 heterocycles. The Morgan fingerprint density at radius 1 is 0.966 bits per heavy atom. The second-order valence-corrected chi connectivity index (χ2v) is 6.77. The van der Waals surface area contributed by atoms with Crippen LogP contribution in [0.3, 0.4) is 0 Å². The SMILES string of the molecule is COc1cccc(-c2ccc(N3CCN(C(=O)c4ccccc4F)CC3)nn2)c1. The molecule has 0 bridgehead atoms. The van der Waals surface area contributed by atoms with Crippen LogP contribution in [0.25, 0.3) is 11.3 Å². The molecule has 1 aromatic heterocycles. The van der Waals surface area contributed by atoms with Crippen molar-refractivity contribution in [2.24, 2.45) is 0 Å². The van der Waals surface area contributed by atoms with Crippen LogP contribution in [0.4, 0.5) is 10.2 Å². The summed E-state index contributed by atoms with van der Waals surface area (Å²) in [4.78, 5) is 16.3. The van der Waals surface area contributed by atoms with Crippen molar-refractivity contribution in [1.29, 1.82) is 0 Å². The largest absolute Gasteiger partial charge is 0.497 e. The monoisotopic (exact) mass is 392 g/mol. The fourth-order valence-electron chi connectivity index (χ4n) is 3.37. The summed E-state index contributed by atoms with van der Waals surface area (Å²) < 4.78 is 19.1. The van der Waals surface area contributed by atoms with Crippen LogP contribution in [0.1, 0.15) is 10.4 Å². The van der Waals surface area contributed by atoms with Gasteiger partial charge < -0.3 is 14.5 Å². The number of anilines is 1. The third-order valence-corrected chi connectivity index (χ3v) is 5.01. The Hall–Kier alpha value is -3.48. The van der Waals surface area contributed by atoms with E-state index in [0.29, 0.717) is 26.2 Å². The maximum Gasteiger partial charge on any atom is 0.256 e. The number of methoxy groups -OCH3 is 1. The molecule has 1 aliphatic rings. The minimum Gasteiger partial charge on any atom is -0.497 e. The van der Waals surface area contributed by atoms with E-state index in [4.69, 9.17) is 4.74 Å². The molecular weight excluding hydrogens is 371 g/mol. The topological polar surface area (TPSA) is 58.6 Å². The number of carbonyl (C=O) groups excluding carboxylic acids is 1. The first-order valence-electron chi connectivity index (χ1n) is 9.42. The van der Waals surface area contributed by atoms with Crippen LogP contribution in [0, 0.1) is 5.82 Å². The van der Waals surface area contributed by atoms with Crippen LogP contribution < -0.4 is 9.64 Å². The molecule has 1 amide bonds. The van der Waals surface area contributed by atoms with Gasteiger partial charge in [0.1, 0.15) is 11.6 Å². The number of hydrogen-bond donors (Lipinski definition) is 0. The van der Waals surface area contributed by atoms with Gasteiger partial charge in [-0.05, 0) is 36.4 Å². The molecule has 148 valence electrons. The normalized spacial score (nSPS) is 14.0. The molecule has 0 saturated carbocycles. The maximum absolute atomic E-state index is 13.9. The summed E-state index contributed by atoms with van der Waals surface area (Å²) in [5.74, 6) is 0.764. The molecule has 6 nitrogen and oxygen atoms in total. The van der Waals surface area contributed by atoms with Gasteiger partial charge in [-0.1, -0.05) is 24.3 Å². The van der Waals surface area contributed by atoms with E-state index in [1.54, 1.807) is 24.1 Å². The smallest absolute Gasteiger partial charge is 0.256 e. The van der Waals surface area contributed by atoms with Gasteiger partial charge in [0.05, 0.1) is 18.4 Å². The molecule has 2 aromatic carbocycles. The second-order valence-electron chi connectivity index (χ2n) is 6.77. The minimum absolute atomic E-state index is 0.114. The molecule has 0 aliphatic carbocycles. The van der Waals surface area contributed by atoms with E-state index in [1.807, 2.05) is 36.4 Å². The highest BCUT2D eigenvalue weighted by molar-refractivity contribution is 5.94. The number of rotatable bonds is 4. The third-order valence-electron chi connectivity index (χ3n) is 5.01. The van der Waals surface area contributed by atoms with E-state index in [2.05, 4.69) is 15.1 Å². The van der Waals surface area contributed by atoms with Gasteiger partial charge in [-0.25, -0.2) is 4.39 Å². The lowest BCUT2D eigenvalue weighted by Crippen LogP contribution is -2.49. The van der Waals surface area contributed by atoms with Crippen molar-refractivity contribution in [3.05, 3.63) is 72.0 Å². The quantitative estimate of drug-likeness (QED) is 0.682. The van der Waals surface area contributed by atoms with Crippen LogP contribution >= 0.6 is 0 Å². The molecule has 1 fully saturated rings. The van der Waals surface area contributed by atoms with Gasteiger partial charge in [-0.2, -0.15) is 0 Å². The number of piperazine rings is 1. The lowest BCUT2D eigenvalue weighted by atomic mass is 10.1. The van der Waals surface area contributed by atoms with Crippen molar-refractivity contribution in [2.75, 3.05) is 38.2 Å². The number of benzene rings is 2. The fourth-order valence-corrected chi connectivity index (χ4v) is 3.37. The summed E-state index contributed by atoms with van der Waals surface area (Å²) in [6.07, 6.45) is 0. The van der Waals surface area contributed by atoms with E-state index in [-0.39, 0.29) is 11.5 Å². The Bertz CT molecular complexity index is 1000. The van der Waals surface area contributed by atoms with Gasteiger partial charge in [0, 0.05) is 31.7 Å². The van der Waals surface area contributed by atoms with E-state index in [9.17, 15) is 9.18 Å². The van der Waals surface area contributed by atoms with E-state index in [1.165, 1.54) is 12.1 Å². The number of hydrogen-bond acceptors (Lipinski definition) is 5. The highest BCUT2D eigenvalue weighted by Gasteiger charge is 2.24. The van der Waals surface area contributed by atoms with Crippen LogP contribution in [0.2, 0.25) is 0 Å². The maximum atomic E-state index is 13.9. The molecule has 1 aliphatic heterocycles. The molecule has 1 saturated heterocycles. The summed E-state index contributed by atoms with van der Waals surface area (Å²) in [7, 11) is 1.63. The predicted molar refractivity (Wildman–Crippen MR) is 109 cm³/mol. The van der Waals surface area contributed by atoms with Crippen LogP contribution in [0.15, 0.2) is 60.7 Å². The van der Waals surface area contributed by atoms with E-state index >= 15 is 0 Å². The molecule has 3 aromatic rings. The minimum atomic E-state index is -0.487. The summed E-state index contributed by atoms with van der Waals surface area (Å²) in [6.45, 7) is 2.25. The van der Waals surface area contributed by atoms with Crippen LogP contribution in [-0.4, -0.2) is 54.3 Å². The lowest BCUT2D eigenvalue weighted by molar-refractivity contribution is 0.0742. The molecular formula is C22H21FN4O2. The molecule has 4 rings (SSSR count). The lowest BCUT2D eigenvalue weighted by Gasteiger charge is -2.35. The summed E-state index contributed by atoms with van der Waals surface area (Å²) in [5.41, 5.74) is 1.81. The first-order chi connectivity index (χ1) is 14.2.